The molecule has 3 rings (SSSR count). The molecule has 0 unspecified atom stereocenters. The highest BCUT2D eigenvalue weighted by molar-refractivity contribution is 9.10. The molecule has 0 spiro atoms. The monoisotopic (exact) mass is 364 g/mol. The lowest BCUT2D eigenvalue weighted by Gasteiger charge is -2.09. The van der Waals surface area contributed by atoms with Crippen LogP contribution >= 0.6 is 27.5 Å². The number of ketones is 1. The molecule has 0 bridgehead atoms. The fraction of sp³-hybridized carbons (Fsp3) is 0.0667. The van der Waals surface area contributed by atoms with E-state index in [0.29, 0.717) is 32.0 Å². The standard InChI is InChI=1S/C15H10BrClN2O2/c16-14-8(2-1-3-11(14)18)15(21)9-4-7-5-13(20)19-12(7)6-10(9)17/h1-4,6H,5,18H2,(H,19,20). The second-order valence-electron chi connectivity index (χ2n) is 4.75. The van der Waals surface area contributed by atoms with Crippen LogP contribution in [0.3, 0.4) is 0 Å². The number of anilines is 2. The molecule has 0 aromatic heterocycles. The van der Waals surface area contributed by atoms with Gasteiger partial charge in [-0.25, -0.2) is 0 Å². The number of rotatable bonds is 2. The predicted octanol–water partition coefficient (Wildman–Crippen LogP) is 3.41. The van der Waals surface area contributed by atoms with Crippen LogP contribution in [0.1, 0.15) is 21.5 Å². The van der Waals surface area contributed by atoms with E-state index >= 15 is 0 Å². The Morgan fingerprint density at radius 3 is 2.81 bits per heavy atom. The number of fused-ring (bicyclic) bond motifs is 1. The Morgan fingerprint density at radius 2 is 2.05 bits per heavy atom. The smallest absolute Gasteiger partial charge is 0.228 e. The first-order valence-electron chi connectivity index (χ1n) is 6.18. The van der Waals surface area contributed by atoms with Gasteiger partial charge in [0.15, 0.2) is 5.78 Å². The number of benzene rings is 2. The molecule has 0 fully saturated rings. The number of hydrogen-bond acceptors (Lipinski definition) is 3. The first-order valence-corrected chi connectivity index (χ1v) is 7.35. The largest absolute Gasteiger partial charge is 0.398 e. The van der Waals surface area contributed by atoms with Gasteiger partial charge < -0.3 is 11.1 Å². The molecule has 1 aliphatic rings. The highest BCUT2D eigenvalue weighted by atomic mass is 79.9. The maximum Gasteiger partial charge on any atom is 0.228 e. The Morgan fingerprint density at radius 1 is 1.29 bits per heavy atom. The van der Waals surface area contributed by atoms with Crippen LogP contribution in [0, 0.1) is 0 Å². The Labute approximate surface area is 134 Å². The minimum absolute atomic E-state index is 0.101. The van der Waals surface area contributed by atoms with Gasteiger partial charge in [-0.05, 0) is 45.8 Å². The molecule has 106 valence electrons. The first kappa shape index (κ1) is 14.1. The quantitative estimate of drug-likeness (QED) is 0.633. The molecule has 1 aliphatic heterocycles. The molecule has 0 radical (unpaired) electrons. The van der Waals surface area contributed by atoms with Crippen LogP contribution in [0.25, 0.3) is 0 Å². The molecule has 0 atom stereocenters. The SMILES string of the molecule is Nc1cccc(C(=O)c2cc3c(cc2Cl)NC(=O)C3)c1Br. The number of amides is 1. The van der Waals surface area contributed by atoms with Gasteiger partial charge in [0.1, 0.15) is 0 Å². The van der Waals surface area contributed by atoms with Gasteiger partial charge in [0.25, 0.3) is 0 Å². The number of carbonyl (C=O) groups is 2. The Balaban J connectivity index is 2.09. The maximum absolute atomic E-state index is 12.6. The van der Waals surface area contributed by atoms with Gasteiger partial charge in [-0.1, -0.05) is 17.7 Å². The van der Waals surface area contributed by atoms with Crippen molar-refractivity contribution in [2.45, 2.75) is 6.42 Å². The molecular weight excluding hydrogens is 356 g/mol. The summed E-state index contributed by atoms with van der Waals surface area (Å²) in [4.78, 5) is 24.0. The second kappa shape index (κ2) is 5.16. The molecule has 4 nitrogen and oxygen atoms in total. The van der Waals surface area contributed by atoms with Gasteiger partial charge in [-0.3, -0.25) is 9.59 Å². The van der Waals surface area contributed by atoms with Gasteiger partial charge in [-0.15, -0.1) is 0 Å². The van der Waals surface area contributed by atoms with E-state index in [1.807, 2.05) is 0 Å². The van der Waals surface area contributed by atoms with Gasteiger partial charge in [-0.2, -0.15) is 0 Å². The molecule has 6 heteroatoms. The molecule has 0 saturated carbocycles. The molecule has 2 aromatic carbocycles. The summed E-state index contributed by atoms with van der Waals surface area (Å²) in [5.41, 5.74) is 8.51. The fourth-order valence-electron chi connectivity index (χ4n) is 2.29. The van der Waals surface area contributed by atoms with Crippen molar-refractivity contribution in [3.63, 3.8) is 0 Å². The van der Waals surface area contributed by atoms with Crippen LogP contribution in [0.15, 0.2) is 34.8 Å². The number of nitrogens with two attached hydrogens (primary N) is 1. The van der Waals surface area contributed by atoms with Crippen LogP contribution in [-0.2, 0) is 11.2 Å². The summed E-state index contributed by atoms with van der Waals surface area (Å²) in [5, 5.41) is 3.00. The summed E-state index contributed by atoms with van der Waals surface area (Å²) in [7, 11) is 0. The van der Waals surface area contributed by atoms with Crippen molar-refractivity contribution >= 4 is 50.6 Å². The van der Waals surface area contributed by atoms with E-state index in [1.54, 1.807) is 30.3 Å². The highest BCUT2D eigenvalue weighted by Crippen LogP contribution is 2.33. The van der Waals surface area contributed by atoms with Crippen LogP contribution in [-0.4, -0.2) is 11.7 Å². The van der Waals surface area contributed by atoms with Crippen molar-refractivity contribution in [1.82, 2.24) is 0 Å². The zero-order valence-electron chi connectivity index (χ0n) is 10.7. The van der Waals surface area contributed by atoms with Crippen molar-refractivity contribution in [3.05, 3.63) is 56.5 Å². The molecule has 2 aromatic rings. The molecule has 0 aliphatic carbocycles. The average molecular weight is 366 g/mol. The second-order valence-corrected chi connectivity index (χ2v) is 5.95. The van der Waals surface area contributed by atoms with Gasteiger partial charge in [0, 0.05) is 22.5 Å². The molecule has 0 saturated heterocycles. The minimum atomic E-state index is -0.235. The third kappa shape index (κ3) is 2.43. The van der Waals surface area contributed by atoms with E-state index in [0.717, 1.165) is 5.56 Å². The molecule has 1 amide bonds. The zero-order valence-corrected chi connectivity index (χ0v) is 13.1. The highest BCUT2D eigenvalue weighted by Gasteiger charge is 2.23. The lowest BCUT2D eigenvalue weighted by atomic mass is 9.99. The van der Waals surface area contributed by atoms with E-state index in [4.69, 9.17) is 17.3 Å². The Bertz CT molecular complexity index is 789. The summed E-state index contributed by atoms with van der Waals surface area (Å²) >= 11 is 9.49. The lowest BCUT2D eigenvalue weighted by molar-refractivity contribution is -0.115. The number of halogens is 2. The molecule has 1 heterocycles. The molecule has 21 heavy (non-hydrogen) atoms. The number of carbonyl (C=O) groups excluding carboxylic acids is 2. The van der Waals surface area contributed by atoms with E-state index < -0.39 is 0 Å². The zero-order chi connectivity index (χ0) is 15.1. The van der Waals surface area contributed by atoms with E-state index in [-0.39, 0.29) is 18.1 Å². The van der Waals surface area contributed by atoms with Crippen molar-refractivity contribution in [3.8, 4) is 0 Å². The third-order valence-corrected chi connectivity index (χ3v) is 4.53. The number of nitrogen functional groups attached to an aromatic ring is 1. The van der Waals surface area contributed by atoms with Crippen molar-refractivity contribution in [1.29, 1.82) is 0 Å². The minimum Gasteiger partial charge on any atom is -0.398 e. The summed E-state index contributed by atoms with van der Waals surface area (Å²) < 4.78 is 0.542. The topological polar surface area (TPSA) is 72.2 Å². The Kier molecular flexibility index (Phi) is 3.47. The van der Waals surface area contributed by atoms with Gasteiger partial charge in [0.05, 0.1) is 15.9 Å². The first-order chi connectivity index (χ1) is 9.97. The normalized spacial score (nSPS) is 13.0. The van der Waals surface area contributed by atoms with Crippen molar-refractivity contribution < 1.29 is 9.59 Å². The third-order valence-electron chi connectivity index (χ3n) is 3.34. The number of nitrogens with one attached hydrogen (secondary N) is 1. The Hall–Kier alpha value is -1.85. The average Bonchev–Trinajstić information content (AvgIpc) is 2.79. The van der Waals surface area contributed by atoms with E-state index in [2.05, 4.69) is 21.2 Å². The summed E-state index contributed by atoms with van der Waals surface area (Å²) in [6.45, 7) is 0. The van der Waals surface area contributed by atoms with E-state index in [9.17, 15) is 9.59 Å². The van der Waals surface area contributed by atoms with Crippen LogP contribution in [0.2, 0.25) is 5.02 Å². The summed E-state index contributed by atoms with van der Waals surface area (Å²) in [6.07, 6.45) is 0.255. The van der Waals surface area contributed by atoms with Crippen molar-refractivity contribution in [2.24, 2.45) is 0 Å². The number of hydrogen-bond donors (Lipinski definition) is 2. The van der Waals surface area contributed by atoms with Crippen LogP contribution in [0.5, 0.6) is 0 Å². The summed E-state index contributed by atoms with van der Waals surface area (Å²) in [6, 6.07) is 8.35. The van der Waals surface area contributed by atoms with Gasteiger partial charge in [0.2, 0.25) is 5.91 Å². The molecular formula is C15H10BrClN2O2. The maximum atomic E-state index is 12.6. The van der Waals surface area contributed by atoms with Gasteiger partial charge >= 0.3 is 0 Å². The van der Waals surface area contributed by atoms with Crippen LogP contribution in [0.4, 0.5) is 11.4 Å². The molecule has 3 N–H and O–H groups in total. The van der Waals surface area contributed by atoms with E-state index in [1.165, 1.54) is 0 Å². The predicted molar refractivity (Wildman–Crippen MR) is 85.8 cm³/mol. The fourth-order valence-corrected chi connectivity index (χ4v) is 2.99. The van der Waals surface area contributed by atoms with Crippen molar-refractivity contribution in [2.75, 3.05) is 11.1 Å². The van der Waals surface area contributed by atoms with Crippen LogP contribution < -0.4 is 11.1 Å². The lowest BCUT2D eigenvalue weighted by Crippen LogP contribution is -2.05. The summed E-state index contributed by atoms with van der Waals surface area (Å²) in [5.74, 6) is -0.336.